The van der Waals surface area contributed by atoms with E-state index in [1.54, 1.807) is 48.5 Å². The number of allylic oxidation sites excluding steroid dienone is 2. The van der Waals surface area contributed by atoms with Crippen molar-refractivity contribution < 1.29 is 14.3 Å². The second-order valence-corrected chi connectivity index (χ2v) is 4.14. The highest BCUT2D eigenvalue weighted by atomic mass is 16.5. The summed E-state index contributed by atoms with van der Waals surface area (Å²) in [5.41, 5.74) is 1.00. The number of benzene rings is 2. The molecule has 2 aromatic carbocycles. The Balaban J connectivity index is 2.26. The standard InChI is InChI=1S/C17H14O3/c1-20-16(17(19)14-10-6-3-7-11-14)12-15(18)13-8-4-2-5-9-13/h2-12H,1H3/b16-12+. The SMILES string of the molecule is CO/C(=C/C(=O)c1ccccc1)C(=O)c1ccccc1. The predicted molar refractivity (Wildman–Crippen MR) is 76.6 cm³/mol. The molecule has 2 rings (SSSR count). The minimum absolute atomic E-state index is 0.0325. The summed E-state index contributed by atoms with van der Waals surface area (Å²) in [4.78, 5) is 24.2. The van der Waals surface area contributed by atoms with Gasteiger partial charge in [-0.2, -0.15) is 0 Å². The summed E-state index contributed by atoms with van der Waals surface area (Å²) >= 11 is 0. The van der Waals surface area contributed by atoms with Crippen LogP contribution < -0.4 is 0 Å². The molecule has 0 aliphatic carbocycles. The molecular weight excluding hydrogens is 252 g/mol. The molecule has 0 amide bonds. The molecule has 0 aliphatic rings. The van der Waals surface area contributed by atoms with Crippen LogP contribution in [-0.4, -0.2) is 18.7 Å². The molecule has 0 spiro atoms. The van der Waals surface area contributed by atoms with Crippen LogP contribution >= 0.6 is 0 Å². The van der Waals surface area contributed by atoms with Crippen molar-refractivity contribution in [3.63, 3.8) is 0 Å². The molecule has 3 nitrogen and oxygen atoms in total. The average Bonchev–Trinajstić information content (AvgIpc) is 2.53. The fourth-order valence-corrected chi connectivity index (χ4v) is 1.75. The highest BCUT2D eigenvalue weighted by Gasteiger charge is 2.14. The lowest BCUT2D eigenvalue weighted by molar-refractivity contribution is 0.0937. The Morgan fingerprint density at radius 2 is 1.35 bits per heavy atom. The number of hydrogen-bond donors (Lipinski definition) is 0. The van der Waals surface area contributed by atoms with Gasteiger partial charge >= 0.3 is 0 Å². The van der Waals surface area contributed by atoms with Gasteiger partial charge in [-0.1, -0.05) is 60.7 Å². The lowest BCUT2D eigenvalue weighted by Gasteiger charge is -2.05. The normalized spacial score (nSPS) is 10.9. The summed E-state index contributed by atoms with van der Waals surface area (Å²) < 4.78 is 5.05. The quantitative estimate of drug-likeness (QED) is 0.474. The van der Waals surface area contributed by atoms with Crippen molar-refractivity contribution in [2.75, 3.05) is 7.11 Å². The Hall–Kier alpha value is -2.68. The molecule has 0 heterocycles. The highest BCUT2D eigenvalue weighted by Crippen LogP contribution is 2.11. The molecule has 0 atom stereocenters. The zero-order valence-corrected chi connectivity index (χ0v) is 11.1. The molecule has 3 heteroatoms. The Labute approximate surface area is 117 Å². The van der Waals surface area contributed by atoms with Gasteiger partial charge in [-0.25, -0.2) is 0 Å². The third kappa shape index (κ3) is 3.20. The van der Waals surface area contributed by atoms with Crippen molar-refractivity contribution in [3.8, 4) is 0 Å². The van der Waals surface area contributed by atoms with E-state index in [2.05, 4.69) is 0 Å². The van der Waals surface area contributed by atoms with E-state index in [9.17, 15) is 9.59 Å². The molecule has 0 unspecified atom stereocenters. The smallest absolute Gasteiger partial charge is 0.227 e. The average molecular weight is 266 g/mol. The van der Waals surface area contributed by atoms with Gasteiger partial charge in [-0.15, -0.1) is 0 Å². The molecule has 100 valence electrons. The summed E-state index contributed by atoms with van der Waals surface area (Å²) in [6, 6.07) is 17.5. The lowest BCUT2D eigenvalue weighted by atomic mass is 10.1. The van der Waals surface area contributed by atoms with Crippen LogP contribution in [0.15, 0.2) is 72.5 Å². The summed E-state index contributed by atoms with van der Waals surface area (Å²) in [6.07, 6.45) is 1.23. The highest BCUT2D eigenvalue weighted by molar-refractivity contribution is 6.13. The number of hydrogen-bond acceptors (Lipinski definition) is 3. The van der Waals surface area contributed by atoms with E-state index in [0.717, 1.165) is 0 Å². The second kappa shape index (κ2) is 6.48. The summed E-state index contributed by atoms with van der Waals surface area (Å²) in [5.74, 6) is -0.533. The van der Waals surface area contributed by atoms with E-state index in [0.29, 0.717) is 11.1 Å². The van der Waals surface area contributed by atoms with Crippen molar-refractivity contribution in [3.05, 3.63) is 83.6 Å². The van der Waals surface area contributed by atoms with Gasteiger partial charge in [0, 0.05) is 17.2 Å². The number of rotatable bonds is 5. The van der Waals surface area contributed by atoms with E-state index < -0.39 is 0 Å². The monoisotopic (exact) mass is 266 g/mol. The van der Waals surface area contributed by atoms with Crippen LogP contribution in [0, 0.1) is 0 Å². The van der Waals surface area contributed by atoms with E-state index in [1.807, 2.05) is 12.1 Å². The molecule has 0 bridgehead atoms. The topological polar surface area (TPSA) is 43.4 Å². The van der Waals surface area contributed by atoms with Crippen molar-refractivity contribution in [2.24, 2.45) is 0 Å². The molecule has 0 aliphatic heterocycles. The molecule has 0 fully saturated rings. The van der Waals surface area contributed by atoms with Crippen LogP contribution in [-0.2, 0) is 4.74 Å². The minimum Gasteiger partial charge on any atom is -0.492 e. The number of ether oxygens (including phenoxy) is 1. The number of carbonyl (C=O) groups is 2. The summed E-state index contributed by atoms with van der Waals surface area (Å²) in [7, 11) is 1.38. The third-order valence-corrected chi connectivity index (χ3v) is 2.80. The summed E-state index contributed by atoms with van der Waals surface area (Å²) in [6.45, 7) is 0. The van der Waals surface area contributed by atoms with Gasteiger partial charge in [-0.3, -0.25) is 9.59 Å². The molecule has 0 saturated carbocycles. The first-order valence-electron chi connectivity index (χ1n) is 6.17. The Bertz CT molecular complexity index is 628. The number of ketones is 2. The maximum absolute atomic E-state index is 12.2. The van der Waals surface area contributed by atoms with Crippen molar-refractivity contribution in [1.82, 2.24) is 0 Å². The molecule has 0 aromatic heterocycles. The molecule has 0 radical (unpaired) electrons. The van der Waals surface area contributed by atoms with E-state index in [4.69, 9.17) is 4.74 Å². The first-order valence-corrected chi connectivity index (χ1v) is 6.17. The van der Waals surface area contributed by atoms with Crippen molar-refractivity contribution >= 4 is 11.6 Å². The van der Waals surface area contributed by atoms with Gasteiger partial charge in [0.2, 0.25) is 5.78 Å². The lowest BCUT2D eigenvalue weighted by Crippen LogP contribution is -2.08. The first-order chi connectivity index (χ1) is 9.72. The van der Waals surface area contributed by atoms with Gasteiger partial charge in [0.15, 0.2) is 11.5 Å². The van der Waals surface area contributed by atoms with Gasteiger partial charge < -0.3 is 4.74 Å². The molecular formula is C17H14O3. The Morgan fingerprint density at radius 1 is 0.850 bits per heavy atom. The third-order valence-electron chi connectivity index (χ3n) is 2.80. The van der Waals surface area contributed by atoms with Crippen molar-refractivity contribution in [1.29, 1.82) is 0 Å². The van der Waals surface area contributed by atoms with Crippen LogP contribution in [0.25, 0.3) is 0 Å². The Kier molecular flexibility index (Phi) is 4.45. The molecule has 0 N–H and O–H groups in total. The van der Waals surface area contributed by atoms with Crippen LogP contribution in [0.2, 0.25) is 0 Å². The fourth-order valence-electron chi connectivity index (χ4n) is 1.75. The molecule has 2 aromatic rings. The van der Waals surface area contributed by atoms with Gasteiger partial charge in [0.05, 0.1) is 7.11 Å². The number of Topliss-reactive ketones (excluding diaryl/α,β-unsaturated/α-hetero) is 1. The largest absolute Gasteiger partial charge is 0.492 e. The predicted octanol–water partition coefficient (Wildman–Crippen LogP) is 3.28. The molecule has 20 heavy (non-hydrogen) atoms. The second-order valence-electron chi connectivity index (χ2n) is 4.14. The fraction of sp³-hybridized carbons (Fsp3) is 0.0588. The Morgan fingerprint density at radius 3 is 1.85 bits per heavy atom. The number of methoxy groups -OCH3 is 1. The van der Waals surface area contributed by atoms with Gasteiger partial charge in [-0.05, 0) is 0 Å². The minimum atomic E-state index is -0.308. The number of carbonyl (C=O) groups excluding carboxylic acids is 2. The summed E-state index contributed by atoms with van der Waals surface area (Å²) in [5, 5.41) is 0. The zero-order valence-electron chi connectivity index (χ0n) is 11.1. The van der Waals surface area contributed by atoms with Crippen LogP contribution in [0.4, 0.5) is 0 Å². The van der Waals surface area contributed by atoms with E-state index in [1.165, 1.54) is 13.2 Å². The van der Waals surface area contributed by atoms with Crippen LogP contribution in [0.1, 0.15) is 20.7 Å². The van der Waals surface area contributed by atoms with Crippen LogP contribution in [0.5, 0.6) is 0 Å². The molecule has 0 saturated heterocycles. The zero-order chi connectivity index (χ0) is 14.4. The maximum Gasteiger partial charge on any atom is 0.227 e. The van der Waals surface area contributed by atoms with Crippen molar-refractivity contribution in [2.45, 2.75) is 0 Å². The van der Waals surface area contributed by atoms with Gasteiger partial charge in [0.1, 0.15) is 0 Å². The van der Waals surface area contributed by atoms with E-state index >= 15 is 0 Å². The van der Waals surface area contributed by atoms with Gasteiger partial charge in [0.25, 0.3) is 0 Å². The van der Waals surface area contributed by atoms with Crippen LogP contribution in [0.3, 0.4) is 0 Å². The van der Waals surface area contributed by atoms with E-state index in [-0.39, 0.29) is 17.3 Å². The maximum atomic E-state index is 12.2. The first kappa shape index (κ1) is 13.7.